The molecule has 0 saturated carbocycles. The maximum absolute atomic E-state index is 12.7. The summed E-state index contributed by atoms with van der Waals surface area (Å²) >= 11 is 1.67. The quantitative estimate of drug-likeness (QED) is 0.469. The number of aryl methyl sites for hydroxylation is 2. The fraction of sp³-hybridized carbons (Fsp3) is 0.130. The molecule has 0 bridgehead atoms. The van der Waals surface area contributed by atoms with Gasteiger partial charge in [-0.05, 0) is 55.0 Å². The van der Waals surface area contributed by atoms with Gasteiger partial charge in [0.05, 0.1) is 15.9 Å². The number of fused-ring (bicyclic) bond motifs is 2. The Morgan fingerprint density at radius 3 is 2.52 bits per heavy atom. The number of aromatic nitrogens is 4. The Balaban J connectivity index is 1.52. The highest BCUT2D eigenvalue weighted by molar-refractivity contribution is 7.21. The van der Waals surface area contributed by atoms with Gasteiger partial charge in [-0.3, -0.25) is 13.9 Å². The predicted molar refractivity (Wildman–Crippen MR) is 125 cm³/mol. The highest BCUT2D eigenvalue weighted by atomic mass is 32.1. The Hall–Kier alpha value is -3.78. The number of hydrogen-bond acceptors (Lipinski definition) is 6. The van der Waals surface area contributed by atoms with E-state index in [4.69, 9.17) is 4.98 Å². The summed E-state index contributed by atoms with van der Waals surface area (Å²) in [6.45, 7) is 2.08. The van der Waals surface area contributed by atoms with Crippen LogP contribution in [0.4, 0.5) is 11.4 Å². The van der Waals surface area contributed by atoms with Gasteiger partial charge in [0.2, 0.25) is 0 Å². The van der Waals surface area contributed by atoms with Gasteiger partial charge in [-0.1, -0.05) is 6.07 Å². The molecule has 0 aliphatic carbocycles. The van der Waals surface area contributed by atoms with Crippen molar-refractivity contribution in [1.82, 2.24) is 19.1 Å². The van der Waals surface area contributed by atoms with E-state index in [-0.39, 0.29) is 5.56 Å². The predicted octanol–water partition coefficient (Wildman–Crippen LogP) is 3.96. The molecular formula is C23H19N5O2S. The lowest BCUT2D eigenvalue weighted by Gasteiger charge is -2.12. The van der Waals surface area contributed by atoms with E-state index >= 15 is 0 Å². The first-order chi connectivity index (χ1) is 14.9. The number of thiazole rings is 1. The van der Waals surface area contributed by atoms with Crippen molar-refractivity contribution in [3.05, 3.63) is 81.1 Å². The zero-order valence-electron chi connectivity index (χ0n) is 17.2. The fourth-order valence-electron chi connectivity index (χ4n) is 3.60. The molecule has 3 aromatic heterocycles. The summed E-state index contributed by atoms with van der Waals surface area (Å²) < 4.78 is 3.63. The number of nitrogens with one attached hydrogen (secondary N) is 1. The summed E-state index contributed by atoms with van der Waals surface area (Å²) in [7, 11) is 3.07. The molecule has 7 nitrogen and oxygen atoms in total. The van der Waals surface area contributed by atoms with Crippen LogP contribution < -0.4 is 16.6 Å². The van der Waals surface area contributed by atoms with Crippen molar-refractivity contribution in [2.75, 3.05) is 5.32 Å². The van der Waals surface area contributed by atoms with E-state index in [9.17, 15) is 9.59 Å². The number of hydrogen-bond donors (Lipinski definition) is 1. The van der Waals surface area contributed by atoms with E-state index in [0.29, 0.717) is 16.7 Å². The molecule has 0 spiro atoms. The van der Waals surface area contributed by atoms with E-state index < -0.39 is 5.69 Å². The second-order valence-corrected chi connectivity index (χ2v) is 8.49. The van der Waals surface area contributed by atoms with Gasteiger partial charge in [0.1, 0.15) is 10.4 Å². The number of anilines is 2. The van der Waals surface area contributed by atoms with Crippen LogP contribution in [0, 0.1) is 6.92 Å². The molecule has 5 rings (SSSR count). The molecule has 1 N–H and O–H groups in total. The molecular weight excluding hydrogens is 410 g/mol. The van der Waals surface area contributed by atoms with Gasteiger partial charge in [-0.15, -0.1) is 11.3 Å². The molecule has 0 radical (unpaired) electrons. The maximum atomic E-state index is 12.7. The Morgan fingerprint density at radius 1 is 0.968 bits per heavy atom. The lowest BCUT2D eigenvalue weighted by Crippen LogP contribution is -2.37. The molecule has 8 heteroatoms. The van der Waals surface area contributed by atoms with Crippen LogP contribution in [0.25, 0.3) is 31.8 Å². The molecule has 0 aliphatic rings. The molecule has 0 aliphatic heterocycles. The van der Waals surface area contributed by atoms with Crippen LogP contribution in [-0.2, 0) is 14.1 Å². The van der Waals surface area contributed by atoms with E-state index in [1.54, 1.807) is 30.6 Å². The molecule has 2 aromatic carbocycles. The van der Waals surface area contributed by atoms with Crippen molar-refractivity contribution in [2.24, 2.45) is 14.1 Å². The zero-order chi connectivity index (χ0) is 21.7. The lowest BCUT2D eigenvalue weighted by atomic mass is 10.2. The third-order valence-corrected chi connectivity index (χ3v) is 6.36. The monoisotopic (exact) mass is 429 g/mol. The van der Waals surface area contributed by atoms with Crippen molar-refractivity contribution >= 4 is 44.0 Å². The Kier molecular flexibility index (Phi) is 4.44. The smallest absolute Gasteiger partial charge is 0.332 e. The van der Waals surface area contributed by atoms with Gasteiger partial charge >= 0.3 is 5.69 Å². The molecule has 0 saturated heterocycles. The summed E-state index contributed by atoms with van der Waals surface area (Å²) in [4.78, 5) is 33.9. The molecule has 5 aromatic rings. The molecule has 3 heterocycles. The van der Waals surface area contributed by atoms with Gasteiger partial charge in [0.25, 0.3) is 5.56 Å². The Morgan fingerprint density at radius 2 is 1.74 bits per heavy atom. The van der Waals surface area contributed by atoms with Gasteiger partial charge in [-0.25, -0.2) is 14.8 Å². The third kappa shape index (κ3) is 3.21. The highest BCUT2D eigenvalue weighted by Gasteiger charge is 2.14. The number of benzene rings is 2. The van der Waals surface area contributed by atoms with Crippen LogP contribution in [-0.4, -0.2) is 19.1 Å². The molecule has 31 heavy (non-hydrogen) atoms. The number of nitrogens with zero attached hydrogens (tertiary/aromatic N) is 4. The molecule has 0 unspecified atom stereocenters. The normalized spacial score (nSPS) is 11.3. The first-order valence-corrected chi connectivity index (χ1v) is 10.5. The summed E-state index contributed by atoms with van der Waals surface area (Å²) in [6.07, 6.45) is 1.58. The first kappa shape index (κ1) is 19.2. The second kappa shape index (κ2) is 7.17. The van der Waals surface area contributed by atoms with E-state index in [0.717, 1.165) is 26.3 Å². The summed E-state index contributed by atoms with van der Waals surface area (Å²) in [5, 5.41) is 4.62. The molecule has 0 amide bonds. The number of pyridine rings is 1. The topological polar surface area (TPSA) is 81.8 Å². The SMILES string of the molecule is Cc1ccc2nc(-c3ccc(Nc4ccnc5c4c(=O)n(C)c(=O)n5C)cc3)sc2c1. The van der Waals surface area contributed by atoms with Crippen molar-refractivity contribution in [2.45, 2.75) is 6.92 Å². The standard InChI is InChI=1S/C23H19N5O2S/c1-13-4-9-16-18(12-13)31-21(26-16)14-5-7-15(8-6-14)25-17-10-11-24-20-19(17)22(29)28(3)23(30)27(20)2/h4-12H,1-3H3,(H,24,25). The Bertz CT molecular complexity index is 1580. The summed E-state index contributed by atoms with van der Waals surface area (Å²) in [5.74, 6) is 0. The second-order valence-electron chi connectivity index (χ2n) is 7.46. The van der Waals surface area contributed by atoms with Crippen LogP contribution in [0.5, 0.6) is 0 Å². The minimum atomic E-state index is -0.405. The molecule has 0 fully saturated rings. The maximum Gasteiger partial charge on any atom is 0.332 e. The van der Waals surface area contributed by atoms with Crippen molar-refractivity contribution in [1.29, 1.82) is 0 Å². The van der Waals surface area contributed by atoms with E-state index in [2.05, 4.69) is 29.4 Å². The fourth-order valence-corrected chi connectivity index (χ4v) is 4.67. The summed E-state index contributed by atoms with van der Waals surface area (Å²) in [5.41, 5.74) is 4.23. The Labute approximate surface area is 181 Å². The van der Waals surface area contributed by atoms with Crippen LogP contribution in [0.15, 0.2) is 64.3 Å². The summed E-state index contributed by atoms with van der Waals surface area (Å²) in [6, 6.07) is 15.9. The number of rotatable bonds is 3. The van der Waals surface area contributed by atoms with Crippen LogP contribution >= 0.6 is 11.3 Å². The average Bonchev–Trinajstić information content (AvgIpc) is 3.19. The van der Waals surface area contributed by atoms with Gasteiger partial charge in [-0.2, -0.15) is 0 Å². The van der Waals surface area contributed by atoms with E-state index in [1.165, 1.54) is 21.9 Å². The highest BCUT2D eigenvalue weighted by Crippen LogP contribution is 2.32. The van der Waals surface area contributed by atoms with E-state index in [1.807, 2.05) is 30.3 Å². The third-order valence-electron chi connectivity index (χ3n) is 5.30. The first-order valence-electron chi connectivity index (χ1n) is 9.72. The zero-order valence-corrected chi connectivity index (χ0v) is 18.0. The van der Waals surface area contributed by atoms with Crippen molar-refractivity contribution in [3.8, 4) is 10.6 Å². The van der Waals surface area contributed by atoms with Crippen molar-refractivity contribution < 1.29 is 0 Å². The average molecular weight is 430 g/mol. The van der Waals surface area contributed by atoms with Gasteiger partial charge in [0, 0.05) is 31.5 Å². The van der Waals surface area contributed by atoms with Crippen LogP contribution in [0.2, 0.25) is 0 Å². The van der Waals surface area contributed by atoms with Crippen molar-refractivity contribution in [3.63, 3.8) is 0 Å². The van der Waals surface area contributed by atoms with Gasteiger partial charge in [0.15, 0.2) is 5.65 Å². The van der Waals surface area contributed by atoms with Crippen LogP contribution in [0.1, 0.15) is 5.56 Å². The minimum absolute atomic E-state index is 0.347. The molecule has 0 atom stereocenters. The minimum Gasteiger partial charge on any atom is -0.355 e. The lowest BCUT2D eigenvalue weighted by molar-refractivity contribution is 0.708. The van der Waals surface area contributed by atoms with Gasteiger partial charge < -0.3 is 5.32 Å². The van der Waals surface area contributed by atoms with Crippen LogP contribution in [0.3, 0.4) is 0 Å². The largest absolute Gasteiger partial charge is 0.355 e. The molecule has 154 valence electrons.